The number of nitrogens with two attached hydrogens (primary N) is 1. The lowest BCUT2D eigenvalue weighted by Gasteiger charge is -2.05. The number of nitrogen functional groups attached to an aromatic ring is 1. The lowest BCUT2D eigenvalue weighted by atomic mass is 10.0. The van der Waals surface area contributed by atoms with Crippen LogP contribution in [0.15, 0.2) is 30.6 Å². The third-order valence-electron chi connectivity index (χ3n) is 2.91. The zero-order chi connectivity index (χ0) is 14.3. The molecule has 3 rings (SSSR count). The molecule has 0 atom stereocenters. The number of aromatic amines is 1. The van der Waals surface area contributed by atoms with E-state index in [1.165, 1.54) is 30.6 Å². The summed E-state index contributed by atoms with van der Waals surface area (Å²) in [5.74, 6) is -0.892. The molecule has 0 unspecified atom stereocenters. The zero-order valence-electron chi connectivity index (χ0n) is 10.0. The molecule has 0 saturated heterocycles. The van der Waals surface area contributed by atoms with Gasteiger partial charge in [0.05, 0.1) is 16.9 Å². The van der Waals surface area contributed by atoms with Crippen molar-refractivity contribution in [3.8, 4) is 0 Å². The van der Waals surface area contributed by atoms with Crippen LogP contribution in [0.4, 0.5) is 10.1 Å². The van der Waals surface area contributed by atoms with Crippen LogP contribution in [0.5, 0.6) is 0 Å². The third-order valence-corrected chi connectivity index (χ3v) is 3.11. The van der Waals surface area contributed by atoms with Crippen LogP contribution >= 0.6 is 11.6 Å². The molecule has 7 heteroatoms. The standard InChI is InChI=1S/C13H8ClFN4O/c14-6-3-10(16)12(17-4-6)13(20)7-1-2-9(15)11-8(7)5-18-19-11/h1-5H,16H2,(H,18,19). The number of aromatic nitrogens is 3. The topological polar surface area (TPSA) is 84.7 Å². The smallest absolute Gasteiger partial charge is 0.214 e. The molecule has 2 aromatic heterocycles. The molecule has 5 nitrogen and oxygen atoms in total. The van der Waals surface area contributed by atoms with Crippen LogP contribution in [0, 0.1) is 5.82 Å². The average Bonchev–Trinajstić information content (AvgIpc) is 2.88. The number of pyridine rings is 1. The number of fused-ring (bicyclic) bond motifs is 1. The van der Waals surface area contributed by atoms with E-state index in [2.05, 4.69) is 15.2 Å². The molecule has 2 heterocycles. The number of hydrogen-bond acceptors (Lipinski definition) is 4. The quantitative estimate of drug-likeness (QED) is 0.710. The molecule has 3 aromatic rings. The number of benzene rings is 1. The summed E-state index contributed by atoms with van der Waals surface area (Å²) in [6.07, 6.45) is 2.72. The Balaban J connectivity index is 2.18. The first-order chi connectivity index (χ1) is 9.58. The highest BCUT2D eigenvalue weighted by Crippen LogP contribution is 2.24. The van der Waals surface area contributed by atoms with Crippen molar-refractivity contribution in [1.82, 2.24) is 15.2 Å². The van der Waals surface area contributed by atoms with Gasteiger partial charge in [0.15, 0.2) is 0 Å². The molecule has 0 saturated carbocycles. The number of halogens is 2. The molecular formula is C13H8ClFN4O. The summed E-state index contributed by atoms with van der Waals surface area (Å²) >= 11 is 5.75. The molecule has 0 amide bonds. The fourth-order valence-corrected chi connectivity index (χ4v) is 2.14. The van der Waals surface area contributed by atoms with Crippen LogP contribution in [0.1, 0.15) is 16.1 Å². The highest BCUT2D eigenvalue weighted by molar-refractivity contribution is 6.31. The van der Waals surface area contributed by atoms with Crippen LogP contribution < -0.4 is 5.73 Å². The average molecular weight is 291 g/mol. The predicted molar refractivity (Wildman–Crippen MR) is 73.1 cm³/mol. The fourth-order valence-electron chi connectivity index (χ4n) is 1.97. The number of nitrogens with one attached hydrogen (secondary N) is 1. The van der Waals surface area contributed by atoms with Crippen molar-refractivity contribution in [2.75, 3.05) is 5.73 Å². The number of anilines is 1. The number of hydrogen-bond donors (Lipinski definition) is 2. The maximum Gasteiger partial charge on any atom is 0.214 e. The Morgan fingerprint density at radius 1 is 1.35 bits per heavy atom. The van der Waals surface area contributed by atoms with Crippen molar-refractivity contribution in [3.63, 3.8) is 0 Å². The molecule has 100 valence electrons. The molecule has 0 radical (unpaired) electrons. The second kappa shape index (κ2) is 4.57. The maximum absolute atomic E-state index is 13.6. The monoisotopic (exact) mass is 290 g/mol. The summed E-state index contributed by atoms with van der Waals surface area (Å²) in [6.45, 7) is 0. The summed E-state index contributed by atoms with van der Waals surface area (Å²) in [4.78, 5) is 16.4. The molecule has 20 heavy (non-hydrogen) atoms. The molecule has 0 aliphatic rings. The fraction of sp³-hybridized carbons (Fsp3) is 0. The first kappa shape index (κ1) is 12.6. The van der Waals surface area contributed by atoms with E-state index >= 15 is 0 Å². The number of nitrogens with zero attached hydrogens (tertiary/aromatic N) is 2. The Kier molecular flexibility index (Phi) is 2.87. The summed E-state index contributed by atoms with van der Waals surface area (Å²) in [6, 6.07) is 4.02. The van der Waals surface area contributed by atoms with E-state index in [1.54, 1.807) is 0 Å². The van der Waals surface area contributed by atoms with Crippen molar-refractivity contribution in [2.24, 2.45) is 0 Å². The molecular weight excluding hydrogens is 283 g/mol. The van der Waals surface area contributed by atoms with E-state index in [1.807, 2.05) is 0 Å². The summed E-state index contributed by atoms with van der Waals surface area (Å²) in [5.41, 5.74) is 6.43. The van der Waals surface area contributed by atoms with Gasteiger partial charge in [-0.05, 0) is 18.2 Å². The van der Waals surface area contributed by atoms with E-state index in [4.69, 9.17) is 17.3 Å². The molecule has 0 bridgehead atoms. The van der Waals surface area contributed by atoms with Gasteiger partial charge in [0.25, 0.3) is 0 Å². The van der Waals surface area contributed by atoms with Crippen LogP contribution in [0.3, 0.4) is 0 Å². The van der Waals surface area contributed by atoms with Gasteiger partial charge in [-0.3, -0.25) is 9.89 Å². The summed E-state index contributed by atoms with van der Waals surface area (Å²) in [5, 5.41) is 6.97. The van der Waals surface area contributed by atoms with E-state index in [-0.39, 0.29) is 22.5 Å². The Hall–Kier alpha value is -2.47. The van der Waals surface area contributed by atoms with Crippen LogP contribution in [-0.4, -0.2) is 21.0 Å². The van der Waals surface area contributed by atoms with Gasteiger partial charge < -0.3 is 5.73 Å². The molecule has 0 aliphatic carbocycles. The first-order valence-corrected chi connectivity index (χ1v) is 6.03. The predicted octanol–water partition coefficient (Wildman–Crippen LogP) is 2.56. The Bertz CT molecular complexity index is 830. The van der Waals surface area contributed by atoms with Crippen molar-refractivity contribution in [3.05, 3.63) is 52.7 Å². The molecule has 0 aliphatic heterocycles. The third kappa shape index (κ3) is 1.90. The van der Waals surface area contributed by atoms with E-state index in [0.29, 0.717) is 10.4 Å². The van der Waals surface area contributed by atoms with Gasteiger partial charge in [-0.15, -0.1) is 0 Å². The minimum absolute atomic E-state index is 0.0727. The van der Waals surface area contributed by atoms with E-state index in [0.717, 1.165) is 0 Å². The molecule has 3 N–H and O–H groups in total. The SMILES string of the molecule is Nc1cc(Cl)cnc1C(=O)c1ccc(F)c2[nH]ncc12. The minimum atomic E-state index is -0.480. The minimum Gasteiger partial charge on any atom is -0.397 e. The Morgan fingerprint density at radius 3 is 2.90 bits per heavy atom. The second-order valence-corrected chi connectivity index (χ2v) is 4.61. The number of H-pyrrole nitrogens is 1. The van der Waals surface area contributed by atoms with Crippen molar-refractivity contribution in [2.45, 2.75) is 0 Å². The largest absolute Gasteiger partial charge is 0.397 e. The zero-order valence-corrected chi connectivity index (χ0v) is 10.8. The van der Waals surface area contributed by atoms with Crippen LogP contribution in [0.2, 0.25) is 5.02 Å². The lowest BCUT2D eigenvalue weighted by Crippen LogP contribution is -2.08. The summed E-state index contributed by atoms with van der Waals surface area (Å²) < 4.78 is 13.6. The van der Waals surface area contributed by atoms with Gasteiger partial charge in [-0.2, -0.15) is 5.10 Å². The number of carbonyl (C=O) groups excluding carboxylic acids is 1. The van der Waals surface area contributed by atoms with Gasteiger partial charge in [0, 0.05) is 17.1 Å². The number of rotatable bonds is 2. The van der Waals surface area contributed by atoms with Gasteiger partial charge in [-0.1, -0.05) is 11.6 Å². The van der Waals surface area contributed by atoms with E-state index in [9.17, 15) is 9.18 Å². The normalized spacial score (nSPS) is 10.9. The van der Waals surface area contributed by atoms with Gasteiger partial charge in [0.2, 0.25) is 5.78 Å². The van der Waals surface area contributed by atoms with Crippen molar-refractivity contribution >= 4 is 34.0 Å². The number of carbonyl (C=O) groups is 1. The van der Waals surface area contributed by atoms with Gasteiger partial charge >= 0.3 is 0 Å². The Labute approximate surface area is 117 Å². The highest BCUT2D eigenvalue weighted by atomic mass is 35.5. The maximum atomic E-state index is 13.6. The van der Waals surface area contributed by atoms with Crippen LogP contribution in [0.25, 0.3) is 10.9 Å². The highest BCUT2D eigenvalue weighted by Gasteiger charge is 2.19. The van der Waals surface area contributed by atoms with Crippen molar-refractivity contribution in [1.29, 1.82) is 0 Å². The molecule has 1 aromatic carbocycles. The second-order valence-electron chi connectivity index (χ2n) is 4.17. The molecule has 0 spiro atoms. The van der Waals surface area contributed by atoms with Gasteiger partial charge in [-0.25, -0.2) is 9.37 Å². The van der Waals surface area contributed by atoms with Gasteiger partial charge in [0.1, 0.15) is 17.0 Å². The van der Waals surface area contributed by atoms with Crippen LogP contribution in [-0.2, 0) is 0 Å². The Morgan fingerprint density at radius 2 is 2.15 bits per heavy atom. The lowest BCUT2D eigenvalue weighted by molar-refractivity contribution is 0.103. The molecule has 0 fully saturated rings. The van der Waals surface area contributed by atoms with E-state index < -0.39 is 11.6 Å². The van der Waals surface area contributed by atoms with Crippen molar-refractivity contribution < 1.29 is 9.18 Å². The first-order valence-electron chi connectivity index (χ1n) is 5.65. The summed E-state index contributed by atoms with van der Waals surface area (Å²) in [7, 11) is 0. The number of ketones is 1.